The highest BCUT2D eigenvalue weighted by Crippen LogP contribution is 2.23. The summed E-state index contributed by atoms with van der Waals surface area (Å²) in [5.74, 6) is -0.173. The molecule has 1 amide bonds. The van der Waals surface area contributed by atoms with Gasteiger partial charge in [-0.3, -0.25) is 15.0 Å². The molecule has 0 saturated carbocycles. The highest BCUT2D eigenvalue weighted by Gasteiger charge is 2.16. The van der Waals surface area contributed by atoms with Gasteiger partial charge in [0, 0.05) is 21.2 Å². The van der Waals surface area contributed by atoms with Crippen LogP contribution < -0.4 is 11.0 Å². The zero-order chi connectivity index (χ0) is 19.7. The second-order valence-corrected chi connectivity index (χ2v) is 6.93. The monoisotopic (exact) mass is 409 g/mol. The quantitative estimate of drug-likeness (QED) is 0.530. The number of nitrogens with zero attached hydrogens (tertiary/aromatic N) is 2. The van der Waals surface area contributed by atoms with Crippen molar-refractivity contribution in [2.45, 2.75) is 0 Å². The summed E-state index contributed by atoms with van der Waals surface area (Å²) in [6, 6.07) is 20.3. The average Bonchev–Trinajstić information content (AvgIpc) is 2.70. The molecule has 138 valence electrons. The maximum Gasteiger partial charge on any atom is 0.280 e. The van der Waals surface area contributed by atoms with Crippen molar-refractivity contribution >= 4 is 40.0 Å². The van der Waals surface area contributed by atoms with Gasteiger partial charge in [-0.15, -0.1) is 0 Å². The standard InChI is InChI=1S/C21H13Cl2N3O2/c22-15-8-4-7-14(11-15)19-24-18-12-16(23)9-10-17(18)21(28)26(19)25-20(27)13-5-2-1-3-6-13/h1-12H,(H,25,27). The lowest BCUT2D eigenvalue weighted by molar-refractivity contribution is 0.101. The SMILES string of the molecule is O=C(Nn1c(-c2cccc(Cl)c2)nc2cc(Cl)ccc2c1=O)c1ccccc1. The van der Waals surface area contributed by atoms with Gasteiger partial charge < -0.3 is 0 Å². The molecule has 7 heteroatoms. The molecule has 28 heavy (non-hydrogen) atoms. The van der Waals surface area contributed by atoms with E-state index in [1.807, 2.05) is 6.07 Å². The maximum atomic E-state index is 13.1. The van der Waals surface area contributed by atoms with E-state index in [4.69, 9.17) is 23.2 Å². The Bertz CT molecular complexity index is 1250. The third-order valence-electron chi connectivity index (χ3n) is 4.16. The molecule has 0 aliphatic rings. The number of benzene rings is 3. The summed E-state index contributed by atoms with van der Waals surface area (Å²) in [6.07, 6.45) is 0. The van der Waals surface area contributed by atoms with Crippen molar-refractivity contribution in [2.24, 2.45) is 0 Å². The van der Waals surface area contributed by atoms with E-state index < -0.39 is 11.5 Å². The summed E-state index contributed by atoms with van der Waals surface area (Å²) in [5, 5.41) is 1.28. The predicted octanol–water partition coefficient (Wildman–Crippen LogP) is 4.75. The van der Waals surface area contributed by atoms with Gasteiger partial charge >= 0.3 is 0 Å². The van der Waals surface area contributed by atoms with E-state index >= 15 is 0 Å². The van der Waals surface area contributed by atoms with Gasteiger partial charge in [0.15, 0.2) is 5.82 Å². The fourth-order valence-corrected chi connectivity index (χ4v) is 3.20. The number of fused-ring (bicyclic) bond motifs is 1. The van der Waals surface area contributed by atoms with E-state index in [1.165, 1.54) is 0 Å². The van der Waals surface area contributed by atoms with E-state index in [9.17, 15) is 9.59 Å². The summed E-state index contributed by atoms with van der Waals surface area (Å²) < 4.78 is 1.14. The van der Waals surface area contributed by atoms with Crippen LogP contribution in [0.15, 0.2) is 77.6 Å². The van der Waals surface area contributed by atoms with Crippen LogP contribution in [0, 0.1) is 0 Å². The van der Waals surface area contributed by atoms with Crippen LogP contribution in [0.4, 0.5) is 0 Å². The van der Waals surface area contributed by atoms with Gasteiger partial charge in [0.2, 0.25) is 0 Å². The molecule has 1 aromatic heterocycles. The van der Waals surface area contributed by atoms with Gasteiger partial charge in [-0.1, -0.05) is 53.5 Å². The van der Waals surface area contributed by atoms with Gasteiger partial charge in [-0.25, -0.2) is 4.98 Å². The van der Waals surface area contributed by atoms with E-state index in [0.29, 0.717) is 32.1 Å². The number of aromatic nitrogens is 2. The van der Waals surface area contributed by atoms with Crippen LogP contribution >= 0.6 is 23.2 Å². The van der Waals surface area contributed by atoms with Crippen LogP contribution in [0.5, 0.6) is 0 Å². The molecule has 1 N–H and O–H groups in total. The number of nitrogens with one attached hydrogen (secondary N) is 1. The Morgan fingerprint density at radius 2 is 1.64 bits per heavy atom. The molecule has 4 rings (SSSR count). The second-order valence-electron chi connectivity index (χ2n) is 6.05. The second kappa shape index (κ2) is 7.46. The van der Waals surface area contributed by atoms with Crippen LogP contribution in [0.3, 0.4) is 0 Å². The van der Waals surface area contributed by atoms with E-state index in [1.54, 1.807) is 66.7 Å². The Morgan fingerprint density at radius 1 is 0.893 bits per heavy atom. The zero-order valence-electron chi connectivity index (χ0n) is 14.4. The third kappa shape index (κ3) is 3.50. The lowest BCUT2D eigenvalue weighted by atomic mass is 10.2. The lowest BCUT2D eigenvalue weighted by Gasteiger charge is -2.15. The van der Waals surface area contributed by atoms with Gasteiger partial charge in [-0.2, -0.15) is 4.68 Å². The molecule has 0 aliphatic heterocycles. The van der Waals surface area contributed by atoms with E-state index in [-0.39, 0.29) is 5.82 Å². The minimum atomic E-state index is -0.430. The van der Waals surface area contributed by atoms with Crippen molar-refractivity contribution in [3.8, 4) is 11.4 Å². The van der Waals surface area contributed by atoms with Gasteiger partial charge in [0.1, 0.15) is 0 Å². The van der Waals surface area contributed by atoms with Crippen molar-refractivity contribution in [3.05, 3.63) is 98.8 Å². The molecule has 5 nitrogen and oxygen atoms in total. The summed E-state index contributed by atoms with van der Waals surface area (Å²) in [4.78, 5) is 30.3. The molecule has 0 fully saturated rings. The van der Waals surface area contributed by atoms with Gasteiger partial charge in [0.05, 0.1) is 10.9 Å². The molecule has 4 aromatic rings. The highest BCUT2D eigenvalue weighted by molar-refractivity contribution is 6.31. The number of halogens is 2. The number of rotatable bonds is 3. The summed E-state index contributed by atoms with van der Waals surface area (Å²) in [5.41, 5.74) is 3.66. The Labute approximate surface area is 170 Å². The Morgan fingerprint density at radius 3 is 2.39 bits per heavy atom. The predicted molar refractivity (Wildman–Crippen MR) is 112 cm³/mol. The fraction of sp³-hybridized carbons (Fsp3) is 0. The van der Waals surface area contributed by atoms with E-state index in [0.717, 1.165) is 4.68 Å². The molecule has 0 radical (unpaired) electrons. The van der Waals surface area contributed by atoms with Crippen molar-refractivity contribution in [1.82, 2.24) is 9.66 Å². The third-order valence-corrected chi connectivity index (χ3v) is 4.63. The molecular formula is C21H13Cl2N3O2. The smallest absolute Gasteiger partial charge is 0.267 e. The highest BCUT2D eigenvalue weighted by atomic mass is 35.5. The average molecular weight is 410 g/mol. The molecule has 3 aromatic carbocycles. The van der Waals surface area contributed by atoms with Crippen LogP contribution in [0.2, 0.25) is 10.0 Å². The fourth-order valence-electron chi connectivity index (χ4n) is 2.84. The Balaban J connectivity index is 1.93. The minimum Gasteiger partial charge on any atom is -0.267 e. The normalized spacial score (nSPS) is 10.8. The zero-order valence-corrected chi connectivity index (χ0v) is 15.9. The van der Waals surface area contributed by atoms with Crippen molar-refractivity contribution in [1.29, 1.82) is 0 Å². The van der Waals surface area contributed by atoms with Crippen LogP contribution in [0.1, 0.15) is 10.4 Å². The molecule has 0 aliphatic carbocycles. The van der Waals surface area contributed by atoms with E-state index in [2.05, 4.69) is 10.4 Å². The number of carbonyl (C=O) groups excluding carboxylic acids is 1. The molecule has 0 unspecified atom stereocenters. The Kier molecular flexibility index (Phi) is 4.86. The molecule has 0 atom stereocenters. The first-order chi connectivity index (χ1) is 13.5. The summed E-state index contributed by atoms with van der Waals surface area (Å²) in [6.45, 7) is 0. The summed E-state index contributed by atoms with van der Waals surface area (Å²) in [7, 11) is 0. The topological polar surface area (TPSA) is 64.0 Å². The van der Waals surface area contributed by atoms with Crippen molar-refractivity contribution in [3.63, 3.8) is 0 Å². The number of hydrogen-bond acceptors (Lipinski definition) is 3. The molecule has 0 saturated heterocycles. The van der Waals surface area contributed by atoms with Crippen LogP contribution in [-0.4, -0.2) is 15.6 Å². The van der Waals surface area contributed by atoms with Crippen molar-refractivity contribution in [2.75, 3.05) is 5.43 Å². The molecule has 0 bridgehead atoms. The Hall–Kier alpha value is -3.15. The first-order valence-electron chi connectivity index (χ1n) is 8.37. The molecular weight excluding hydrogens is 397 g/mol. The molecule has 0 spiro atoms. The lowest BCUT2D eigenvalue weighted by Crippen LogP contribution is -2.35. The van der Waals surface area contributed by atoms with Crippen LogP contribution in [0.25, 0.3) is 22.3 Å². The van der Waals surface area contributed by atoms with Gasteiger partial charge in [-0.05, 0) is 42.5 Å². The van der Waals surface area contributed by atoms with Gasteiger partial charge in [0.25, 0.3) is 11.5 Å². The first kappa shape index (κ1) is 18.2. The number of carbonyl (C=O) groups is 1. The molecule has 1 heterocycles. The number of hydrogen-bond donors (Lipinski definition) is 1. The number of amides is 1. The van der Waals surface area contributed by atoms with Crippen LogP contribution in [-0.2, 0) is 0 Å². The largest absolute Gasteiger partial charge is 0.280 e. The minimum absolute atomic E-state index is 0.256. The first-order valence-corrected chi connectivity index (χ1v) is 9.13. The maximum absolute atomic E-state index is 13.1. The van der Waals surface area contributed by atoms with Crippen molar-refractivity contribution < 1.29 is 4.79 Å². The summed E-state index contributed by atoms with van der Waals surface area (Å²) >= 11 is 12.2.